The number of nitrogens with zero attached hydrogens (tertiary/aromatic N) is 6. The van der Waals surface area contributed by atoms with Crippen LogP contribution in [0.25, 0.3) is 10.9 Å². The van der Waals surface area contributed by atoms with Crippen LogP contribution >= 0.6 is 0 Å². The van der Waals surface area contributed by atoms with Crippen molar-refractivity contribution in [1.29, 1.82) is 0 Å². The van der Waals surface area contributed by atoms with E-state index in [1.54, 1.807) is 0 Å². The molecule has 2 aromatic heterocycles. The molecular weight excluding hydrogens is 240 g/mol. The lowest BCUT2D eigenvalue weighted by molar-refractivity contribution is 0.751. The van der Waals surface area contributed by atoms with Gasteiger partial charge in [0.05, 0.1) is 5.52 Å². The Bertz CT molecular complexity index is 719. The van der Waals surface area contributed by atoms with Crippen molar-refractivity contribution in [1.82, 2.24) is 24.7 Å². The van der Waals surface area contributed by atoms with Crippen LogP contribution in [0, 0.1) is 6.92 Å². The quantitative estimate of drug-likeness (QED) is 0.698. The van der Waals surface area contributed by atoms with Gasteiger partial charge in [-0.3, -0.25) is 4.68 Å². The predicted octanol–water partition coefficient (Wildman–Crippen LogP) is 1.83. The highest BCUT2D eigenvalue weighted by Crippen LogP contribution is 2.25. The number of fused-ring (bicyclic) bond motifs is 1. The molecule has 96 valence electrons. The molecule has 1 aromatic carbocycles. The molecular formula is C13H14N6. The average Bonchev–Trinajstić information content (AvgIpc) is 2.74. The molecule has 0 unspecified atom stereocenters. The van der Waals surface area contributed by atoms with Gasteiger partial charge in [0.2, 0.25) is 5.95 Å². The molecule has 0 aliphatic rings. The largest absolute Gasteiger partial charge is 0.313 e. The summed E-state index contributed by atoms with van der Waals surface area (Å²) in [7, 11) is 3.87. The lowest BCUT2D eigenvalue weighted by atomic mass is 10.2. The van der Waals surface area contributed by atoms with Crippen molar-refractivity contribution < 1.29 is 0 Å². The van der Waals surface area contributed by atoms with E-state index in [9.17, 15) is 0 Å². The first kappa shape index (κ1) is 11.6. The fourth-order valence-corrected chi connectivity index (χ4v) is 2.05. The van der Waals surface area contributed by atoms with E-state index in [1.807, 2.05) is 35.8 Å². The molecule has 0 bridgehead atoms. The fraction of sp³-hybridized carbons (Fsp3) is 0.231. The smallest absolute Gasteiger partial charge is 0.232 e. The third-order valence-corrected chi connectivity index (χ3v) is 3.28. The highest BCUT2D eigenvalue weighted by Gasteiger charge is 2.10. The lowest BCUT2D eigenvalue weighted by Gasteiger charge is -2.16. The highest BCUT2D eigenvalue weighted by atomic mass is 15.3. The van der Waals surface area contributed by atoms with E-state index >= 15 is 0 Å². The molecule has 6 heteroatoms. The van der Waals surface area contributed by atoms with Crippen molar-refractivity contribution in [2.75, 3.05) is 11.9 Å². The molecule has 0 aliphatic heterocycles. The topological polar surface area (TPSA) is 59.7 Å². The summed E-state index contributed by atoms with van der Waals surface area (Å²) in [4.78, 5) is 14.0. The number of aromatic nitrogens is 5. The first-order chi connectivity index (χ1) is 9.16. The van der Waals surface area contributed by atoms with Crippen LogP contribution in [-0.4, -0.2) is 31.8 Å². The van der Waals surface area contributed by atoms with Gasteiger partial charge >= 0.3 is 0 Å². The zero-order valence-corrected chi connectivity index (χ0v) is 11.1. The molecule has 0 saturated carbocycles. The summed E-state index contributed by atoms with van der Waals surface area (Å²) in [6.07, 6.45) is 2.98. The number of benzene rings is 1. The SMILES string of the molecule is Cc1c2ccc(N(C)c3ncncn3)cc2nn1C. The Hall–Kier alpha value is -2.50. The van der Waals surface area contributed by atoms with Crippen LogP contribution in [0.15, 0.2) is 30.9 Å². The molecule has 0 spiro atoms. The maximum atomic E-state index is 4.49. The first-order valence-electron chi connectivity index (χ1n) is 5.96. The molecule has 0 N–H and O–H groups in total. The Kier molecular flexibility index (Phi) is 2.63. The number of hydrogen-bond donors (Lipinski definition) is 0. The van der Waals surface area contributed by atoms with Gasteiger partial charge in [0, 0.05) is 30.9 Å². The van der Waals surface area contributed by atoms with Crippen molar-refractivity contribution in [3.63, 3.8) is 0 Å². The summed E-state index contributed by atoms with van der Waals surface area (Å²) < 4.78 is 1.89. The molecule has 0 saturated heterocycles. The summed E-state index contributed by atoms with van der Waals surface area (Å²) >= 11 is 0. The standard InChI is InChI=1S/C13H14N6/c1-9-11-5-4-10(6-12(11)17-19(9)3)18(2)13-15-7-14-8-16-13/h4-8H,1-3H3. The Morgan fingerprint density at radius 3 is 2.63 bits per heavy atom. The maximum Gasteiger partial charge on any atom is 0.232 e. The molecule has 0 aliphatic carbocycles. The normalized spacial score (nSPS) is 10.9. The van der Waals surface area contributed by atoms with Crippen molar-refractivity contribution >= 4 is 22.5 Å². The van der Waals surface area contributed by atoms with E-state index in [-0.39, 0.29) is 0 Å². The second-order valence-corrected chi connectivity index (χ2v) is 4.41. The first-order valence-corrected chi connectivity index (χ1v) is 5.96. The molecule has 3 rings (SSSR count). The van der Waals surface area contributed by atoms with Gasteiger partial charge < -0.3 is 4.90 Å². The van der Waals surface area contributed by atoms with Crippen LogP contribution in [0.2, 0.25) is 0 Å². The van der Waals surface area contributed by atoms with Crippen LogP contribution < -0.4 is 4.90 Å². The van der Waals surface area contributed by atoms with Crippen LogP contribution in [0.4, 0.5) is 11.6 Å². The second kappa shape index (κ2) is 4.31. The molecule has 0 amide bonds. The summed E-state index contributed by atoms with van der Waals surface area (Å²) in [6, 6.07) is 6.15. The summed E-state index contributed by atoms with van der Waals surface area (Å²) in [5.74, 6) is 0.613. The van der Waals surface area contributed by atoms with Gasteiger partial charge in [0.1, 0.15) is 12.7 Å². The minimum atomic E-state index is 0.613. The van der Waals surface area contributed by atoms with Gasteiger partial charge in [-0.25, -0.2) is 15.0 Å². The number of hydrogen-bond acceptors (Lipinski definition) is 5. The molecule has 19 heavy (non-hydrogen) atoms. The van der Waals surface area contributed by atoms with Crippen molar-refractivity contribution in [2.24, 2.45) is 7.05 Å². The highest BCUT2D eigenvalue weighted by molar-refractivity contribution is 5.85. The Morgan fingerprint density at radius 1 is 1.16 bits per heavy atom. The van der Waals surface area contributed by atoms with Gasteiger partial charge in [-0.2, -0.15) is 5.10 Å². The van der Waals surface area contributed by atoms with Crippen LogP contribution in [0.3, 0.4) is 0 Å². The molecule has 2 heterocycles. The molecule has 6 nitrogen and oxygen atoms in total. The number of rotatable bonds is 2. The predicted molar refractivity (Wildman–Crippen MR) is 73.3 cm³/mol. The number of anilines is 2. The second-order valence-electron chi connectivity index (χ2n) is 4.41. The Balaban J connectivity index is 2.06. The van der Waals surface area contributed by atoms with Crippen LogP contribution in [0.5, 0.6) is 0 Å². The van der Waals surface area contributed by atoms with E-state index < -0.39 is 0 Å². The third kappa shape index (κ3) is 1.91. The van der Waals surface area contributed by atoms with E-state index in [4.69, 9.17) is 0 Å². The van der Waals surface area contributed by atoms with Crippen molar-refractivity contribution in [3.05, 3.63) is 36.5 Å². The van der Waals surface area contributed by atoms with Gasteiger partial charge in [0.15, 0.2) is 0 Å². The van der Waals surface area contributed by atoms with Crippen LogP contribution in [0.1, 0.15) is 5.69 Å². The van der Waals surface area contributed by atoms with Crippen molar-refractivity contribution in [2.45, 2.75) is 6.92 Å². The monoisotopic (exact) mass is 254 g/mol. The van der Waals surface area contributed by atoms with E-state index in [2.05, 4.69) is 33.0 Å². The molecule has 0 radical (unpaired) electrons. The van der Waals surface area contributed by atoms with Gasteiger partial charge in [-0.15, -0.1) is 0 Å². The Morgan fingerprint density at radius 2 is 1.89 bits per heavy atom. The van der Waals surface area contributed by atoms with Gasteiger partial charge in [0.25, 0.3) is 0 Å². The molecule has 0 atom stereocenters. The lowest BCUT2D eigenvalue weighted by Crippen LogP contribution is -2.12. The molecule has 0 fully saturated rings. The molecule has 3 aromatic rings. The fourth-order valence-electron chi connectivity index (χ4n) is 2.05. The Labute approximate surface area is 110 Å². The third-order valence-electron chi connectivity index (χ3n) is 3.28. The average molecular weight is 254 g/mol. The van der Waals surface area contributed by atoms with E-state index in [0.717, 1.165) is 22.3 Å². The zero-order chi connectivity index (χ0) is 13.4. The summed E-state index contributed by atoms with van der Waals surface area (Å²) in [5.41, 5.74) is 3.12. The zero-order valence-electron chi connectivity index (χ0n) is 11.1. The van der Waals surface area contributed by atoms with Gasteiger partial charge in [-0.1, -0.05) is 0 Å². The van der Waals surface area contributed by atoms with E-state index in [1.165, 1.54) is 12.7 Å². The van der Waals surface area contributed by atoms with E-state index in [0.29, 0.717) is 5.95 Å². The summed E-state index contributed by atoms with van der Waals surface area (Å²) in [6.45, 7) is 2.06. The minimum Gasteiger partial charge on any atom is -0.313 e. The van der Waals surface area contributed by atoms with Crippen molar-refractivity contribution in [3.8, 4) is 0 Å². The minimum absolute atomic E-state index is 0.613. The summed E-state index contributed by atoms with van der Waals surface area (Å²) in [5, 5.41) is 5.65. The van der Waals surface area contributed by atoms with Crippen LogP contribution in [-0.2, 0) is 7.05 Å². The number of aryl methyl sites for hydroxylation is 2. The van der Waals surface area contributed by atoms with Gasteiger partial charge in [-0.05, 0) is 25.1 Å². The maximum absolute atomic E-state index is 4.49.